The fraction of sp³-hybridized carbons (Fsp3) is 0.414. The maximum Gasteiger partial charge on any atom is 0.415 e. The number of carboxylic acid groups (broad SMARTS) is 1. The summed E-state index contributed by atoms with van der Waals surface area (Å²) in [5.41, 5.74) is -2.98. The minimum atomic E-state index is -4.82. The number of carboxylic acids is 1. The molecular weight excluding hydrogens is 668 g/mol. The molecule has 0 radical (unpaired) electrons. The van der Waals surface area contributed by atoms with Crippen molar-refractivity contribution < 1.29 is 32.6 Å². The summed E-state index contributed by atoms with van der Waals surface area (Å²) >= 11 is 12.3. The van der Waals surface area contributed by atoms with Crippen LogP contribution in [0.25, 0.3) is 17.1 Å². The van der Waals surface area contributed by atoms with Crippen molar-refractivity contribution in [3.05, 3.63) is 80.7 Å². The molecule has 0 fully saturated rings. The van der Waals surface area contributed by atoms with E-state index in [1.165, 1.54) is 36.4 Å². The molecule has 2 aromatic carbocycles. The molecule has 4 rings (SSSR count). The van der Waals surface area contributed by atoms with Crippen LogP contribution in [0.5, 0.6) is 0 Å². The topological polar surface area (TPSA) is 137 Å². The summed E-state index contributed by atoms with van der Waals surface area (Å²) in [6.45, 7) is 8.39. The molecule has 11 nitrogen and oxygen atoms in total. The second-order valence-corrected chi connectivity index (χ2v) is 18.0. The van der Waals surface area contributed by atoms with E-state index >= 15 is 0 Å². The Bertz CT molecular complexity index is 1800. The first-order valence-corrected chi connectivity index (χ1v) is 17.6. The van der Waals surface area contributed by atoms with Gasteiger partial charge in [0.15, 0.2) is 31.9 Å². The molecule has 46 heavy (non-hydrogen) atoms. The van der Waals surface area contributed by atoms with Crippen molar-refractivity contribution in [2.45, 2.75) is 76.8 Å². The molecule has 2 heterocycles. The van der Waals surface area contributed by atoms with Crippen molar-refractivity contribution in [3.63, 3.8) is 0 Å². The van der Waals surface area contributed by atoms with Gasteiger partial charge in [-0.25, -0.2) is 23.9 Å². The number of nitrogens with zero attached hydrogens (tertiary/aromatic N) is 6. The third-order valence-electron chi connectivity index (χ3n) is 7.86. The Labute approximate surface area is 273 Å². The summed E-state index contributed by atoms with van der Waals surface area (Å²) in [4.78, 5) is 29.9. The molecule has 0 amide bonds. The number of benzene rings is 2. The van der Waals surface area contributed by atoms with Crippen LogP contribution in [-0.4, -0.2) is 65.9 Å². The Morgan fingerprint density at radius 2 is 1.63 bits per heavy atom. The van der Waals surface area contributed by atoms with Crippen molar-refractivity contribution in [2.24, 2.45) is 0 Å². The maximum absolute atomic E-state index is 14.4. The molecule has 0 aliphatic heterocycles. The van der Waals surface area contributed by atoms with Crippen LogP contribution in [0.15, 0.2) is 53.3 Å². The summed E-state index contributed by atoms with van der Waals surface area (Å²) in [6.07, 6.45) is -7.15. The number of aliphatic hydroxyl groups is 1. The van der Waals surface area contributed by atoms with Crippen molar-refractivity contribution in [2.75, 3.05) is 0 Å². The molecule has 0 saturated carbocycles. The number of hydrogen-bond acceptors (Lipinski definition) is 7. The largest absolute Gasteiger partial charge is 0.479 e. The van der Waals surface area contributed by atoms with Crippen LogP contribution in [0.4, 0.5) is 13.2 Å². The lowest BCUT2D eigenvalue weighted by Crippen LogP contribution is -2.50. The van der Waals surface area contributed by atoms with Gasteiger partial charge in [0.05, 0.1) is 17.3 Å². The highest BCUT2D eigenvalue weighted by atomic mass is 35.5. The molecule has 248 valence electrons. The summed E-state index contributed by atoms with van der Waals surface area (Å²) in [6, 6.07) is 12.3. The highest BCUT2D eigenvalue weighted by Gasteiger charge is 2.48. The molecular formula is C29H33Cl2F3N6O5Si. The summed E-state index contributed by atoms with van der Waals surface area (Å²) in [5, 5.41) is 29.1. The Morgan fingerprint density at radius 3 is 2.17 bits per heavy atom. The molecule has 0 spiro atoms. The Morgan fingerprint density at radius 1 is 1.02 bits per heavy atom. The molecule has 2 atom stereocenters. The van der Waals surface area contributed by atoms with Crippen LogP contribution in [-0.2, 0) is 27.9 Å². The standard InChI is InChI=1S/C29H33Cl2F3N6O5Si/c1-27(2,3)46(5,6)45-21(29(32,33)34)15-38-23(17-11-13-18(30)14-12-17)37-39(26(38)43)16-22-35-24(28(4,44)25(41)42)40(36-22)20-10-8-7-9-19(20)31/h7-14,21,44H,15-16H2,1-6H3,(H,41,42). The van der Waals surface area contributed by atoms with E-state index in [9.17, 15) is 33.0 Å². The predicted octanol–water partition coefficient (Wildman–Crippen LogP) is 5.89. The Balaban J connectivity index is 1.85. The van der Waals surface area contributed by atoms with Gasteiger partial charge in [-0.05, 0) is 61.5 Å². The summed E-state index contributed by atoms with van der Waals surface area (Å²) in [5.74, 6) is -2.33. The zero-order chi connectivity index (χ0) is 34.4. The van der Waals surface area contributed by atoms with Crippen LogP contribution in [0.3, 0.4) is 0 Å². The van der Waals surface area contributed by atoms with E-state index in [2.05, 4.69) is 15.2 Å². The first-order chi connectivity index (χ1) is 21.1. The highest BCUT2D eigenvalue weighted by Crippen LogP contribution is 2.40. The monoisotopic (exact) mass is 700 g/mol. The van der Waals surface area contributed by atoms with Crippen molar-refractivity contribution in [1.82, 2.24) is 29.1 Å². The van der Waals surface area contributed by atoms with Gasteiger partial charge in [0.25, 0.3) is 0 Å². The van der Waals surface area contributed by atoms with E-state index in [-0.39, 0.29) is 22.4 Å². The van der Waals surface area contributed by atoms with Gasteiger partial charge in [0, 0.05) is 10.6 Å². The molecule has 2 unspecified atom stereocenters. The van der Waals surface area contributed by atoms with Gasteiger partial charge in [-0.1, -0.05) is 56.1 Å². The van der Waals surface area contributed by atoms with Crippen LogP contribution in [0.2, 0.25) is 28.2 Å². The second kappa shape index (κ2) is 12.6. The third kappa shape index (κ3) is 7.23. The number of alkyl halides is 3. The van der Waals surface area contributed by atoms with Gasteiger partial charge in [-0.3, -0.25) is 4.57 Å². The lowest BCUT2D eigenvalue weighted by atomic mass is 10.1. The molecule has 2 N–H and O–H groups in total. The minimum Gasteiger partial charge on any atom is -0.479 e. The summed E-state index contributed by atoms with van der Waals surface area (Å²) < 4.78 is 51.9. The normalized spacial score (nSPS) is 14.7. The molecule has 0 aliphatic carbocycles. The first-order valence-electron chi connectivity index (χ1n) is 14.0. The molecule has 17 heteroatoms. The number of hydrogen-bond donors (Lipinski definition) is 2. The minimum absolute atomic E-state index is 0.0990. The first kappa shape index (κ1) is 35.4. The van der Waals surface area contributed by atoms with Crippen LogP contribution >= 0.6 is 23.2 Å². The van der Waals surface area contributed by atoms with Crippen molar-refractivity contribution >= 4 is 37.5 Å². The van der Waals surface area contributed by atoms with E-state index in [1.54, 1.807) is 46.0 Å². The molecule has 0 saturated heterocycles. The van der Waals surface area contributed by atoms with E-state index in [4.69, 9.17) is 27.6 Å². The average molecular weight is 702 g/mol. The maximum atomic E-state index is 14.4. The van der Waals surface area contributed by atoms with E-state index in [0.29, 0.717) is 10.6 Å². The number of para-hydroxylation sites is 1. The van der Waals surface area contributed by atoms with E-state index in [0.717, 1.165) is 20.9 Å². The lowest BCUT2D eigenvalue weighted by Gasteiger charge is -2.39. The predicted molar refractivity (Wildman–Crippen MR) is 168 cm³/mol. The quantitative estimate of drug-likeness (QED) is 0.195. The lowest BCUT2D eigenvalue weighted by molar-refractivity contribution is -0.202. The number of rotatable bonds is 10. The summed E-state index contributed by atoms with van der Waals surface area (Å²) in [7, 11) is -2.96. The fourth-order valence-corrected chi connectivity index (χ4v) is 5.80. The Kier molecular flexibility index (Phi) is 9.68. The zero-order valence-electron chi connectivity index (χ0n) is 25.8. The van der Waals surface area contributed by atoms with Crippen molar-refractivity contribution in [1.29, 1.82) is 0 Å². The van der Waals surface area contributed by atoms with Crippen LogP contribution < -0.4 is 5.69 Å². The molecule has 2 aromatic heterocycles. The van der Waals surface area contributed by atoms with Crippen LogP contribution in [0.1, 0.15) is 39.3 Å². The zero-order valence-corrected chi connectivity index (χ0v) is 28.3. The Hall–Kier alpha value is -3.50. The number of halogens is 5. The van der Waals surface area contributed by atoms with E-state index in [1.807, 2.05) is 0 Å². The van der Waals surface area contributed by atoms with Gasteiger partial charge in [-0.2, -0.15) is 13.2 Å². The average Bonchev–Trinajstić information content (AvgIpc) is 3.49. The smallest absolute Gasteiger partial charge is 0.415 e. The van der Waals surface area contributed by atoms with Gasteiger partial charge in [0.1, 0.15) is 6.54 Å². The number of aromatic nitrogens is 6. The fourth-order valence-electron chi connectivity index (χ4n) is 4.18. The van der Waals surface area contributed by atoms with Crippen molar-refractivity contribution in [3.8, 4) is 17.1 Å². The van der Waals surface area contributed by atoms with Gasteiger partial charge >= 0.3 is 17.8 Å². The number of aliphatic carboxylic acids is 1. The highest BCUT2D eigenvalue weighted by molar-refractivity contribution is 6.74. The SMILES string of the molecule is CC(O)(C(=O)O)c1nc(Cn2nc(-c3ccc(Cl)cc3)n(CC(O[Si](C)(C)C(C)(C)C)C(F)(F)F)c2=O)nn1-c1ccccc1Cl. The van der Waals surface area contributed by atoms with Gasteiger partial charge in [0.2, 0.25) is 5.60 Å². The number of carbonyl (C=O) groups is 1. The third-order valence-corrected chi connectivity index (χ3v) is 12.9. The van der Waals surface area contributed by atoms with Gasteiger partial charge < -0.3 is 14.6 Å². The molecule has 0 aliphatic rings. The molecule has 4 aromatic rings. The van der Waals surface area contributed by atoms with Gasteiger partial charge in [-0.15, -0.1) is 10.2 Å². The molecule has 0 bridgehead atoms. The van der Waals surface area contributed by atoms with Crippen LogP contribution in [0, 0.1) is 0 Å². The second-order valence-electron chi connectivity index (χ2n) is 12.4. The van der Waals surface area contributed by atoms with E-state index < -0.39 is 61.8 Å².